The van der Waals surface area contributed by atoms with Crippen LogP contribution in [0, 0.1) is 0 Å². The van der Waals surface area contributed by atoms with Crippen molar-refractivity contribution < 1.29 is 4.74 Å². The Kier molecular flexibility index (Phi) is 2.14. The van der Waals surface area contributed by atoms with E-state index in [4.69, 9.17) is 4.74 Å². The van der Waals surface area contributed by atoms with Gasteiger partial charge in [0.05, 0.1) is 12.2 Å². The van der Waals surface area contributed by atoms with Crippen molar-refractivity contribution in [3.05, 3.63) is 0 Å². The fraction of sp³-hybridized carbons (Fsp3) is 1.00. The molecule has 2 aliphatic rings. The van der Waals surface area contributed by atoms with E-state index in [0.717, 1.165) is 0 Å². The zero-order chi connectivity index (χ0) is 7.68. The topological polar surface area (TPSA) is 12.5 Å². The van der Waals surface area contributed by atoms with Gasteiger partial charge in [-0.25, -0.2) is 0 Å². The molecule has 0 aliphatic carbocycles. The monoisotopic (exact) mass is 155 g/mol. The molecule has 0 saturated carbocycles. The first-order chi connectivity index (χ1) is 5.38. The average molecular weight is 155 g/mol. The summed E-state index contributed by atoms with van der Waals surface area (Å²) in [4.78, 5) is 2.51. The second kappa shape index (κ2) is 3.11. The number of nitrogens with zero attached hydrogens (tertiary/aromatic N) is 1. The van der Waals surface area contributed by atoms with Gasteiger partial charge in [-0.3, -0.25) is 4.90 Å². The maximum Gasteiger partial charge on any atom is 0.0706 e. The Morgan fingerprint density at radius 2 is 1.91 bits per heavy atom. The minimum absolute atomic E-state index is 0.558. The standard InChI is InChI=1S/C9H17NO/c1-2-10-6-8-4-3-5-9(7-10)11-8/h8-9H,2-7H2,1H3. The van der Waals surface area contributed by atoms with Gasteiger partial charge >= 0.3 is 0 Å². The van der Waals surface area contributed by atoms with Gasteiger partial charge in [0.25, 0.3) is 0 Å². The molecule has 2 unspecified atom stereocenters. The number of rotatable bonds is 1. The summed E-state index contributed by atoms with van der Waals surface area (Å²) >= 11 is 0. The van der Waals surface area contributed by atoms with Crippen molar-refractivity contribution in [1.29, 1.82) is 0 Å². The van der Waals surface area contributed by atoms with E-state index in [0.29, 0.717) is 12.2 Å². The molecular weight excluding hydrogens is 138 g/mol. The van der Waals surface area contributed by atoms with Crippen molar-refractivity contribution >= 4 is 0 Å². The highest BCUT2D eigenvalue weighted by molar-refractivity contribution is 4.81. The Labute approximate surface area is 68.5 Å². The summed E-state index contributed by atoms with van der Waals surface area (Å²) in [5.41, 5.74) is 0. The molecule has 2 fully saturated rings. The van der Waals surface area contributed by atoms with E-state index in [1.54, 1.807) is 0 Å². The highest BCUT2D eigenvalue weighted by Gasteiger charge is 2.29. The van der Waals surface area contributed by atoms with E-state index in [2.05, 4.69) is 11.8 Å². The van der Waals surface area contributed by atoms with Gasteiger partial charge in [0.15, 0.2) is 0 Å². The number of likely N-dealkylation sites (tertiary alicyclic amines) is 1. The van der Waals surface area contributed by atoms with Crippen LogP contribution in [-0.2, 0) is 4.74 Å². The lowest BCUT2D eigenvalue weighted by Gasteiger charge is -2.41. The minimum Gasteiger partial charge on any atom is -0.372 e. The quantitative estimate of drug-likeness (QED) is 0.565. The van der Waals surface area contributed by atoms with Crippen molar-refractivity contribution in [2.75, 3.05) is 19.6 Å². The first-order valence-corrected chi connectivity index (χ1v) is 4.76. The van der Waals surface area contributed by atoms with Crippen molar-refractivity contribution in [2.24, 2.45) is 0 Å². The fourth-order valence-corrected chi connectivity index (χ4v) is 2.16. The summed E-state index contributed by atoms with van der Waals surface area (Å²) < 4.78 is 5.81. The predicted molar refractivity (Wildman–Crippen MR) is 44.6 cm³/mol. The van der Waals surface area contributed by atoms with Crippen LogP contribution in [-0.4, -0.2) is 36.7 Å². The second-order valence-electron chi connectivity index (χ2n) is 3.66. The number of fused-ring (bicyclic) bond motifs is 2. The third-order valence-corrected chi connectivity index (χ3v) is 2.81. The number of likely N-dealkylation sites (N-methyl/N-ethyl adjacent to an activating group) is 1. The predicted octanol–water partition coefficient (Wildman–Crippen LogP) is 1.26. The molecule has 2 rings (SSSR count). The van der Waals surface area contributed by atoms with Crippen LogP contribution in [0.1, 0.15) is 26.2 Å². The number of hydrogen-bond donors (Lipinski definition) is 0. The lowest BCUT2D eigenvalue weighted by Crippen LogP contribution is -2.49. The van der Waals surface area contributed by atoms with E-state index < -0.39 is 0 Å². The van der Waals surface area contributed by atoms with E-state index in [-0.39, 0.29) is 0 Å². The first-order valence-electron chi connectivity index (χ1n) is 4.76. The maximum atomic E-state index is 5.81. The van der Waals surface area contributed by atoms with Crippen LogP contribution in [0.4, 0.5) is 0 Å². The van der Waals surface area contributed by atoms with E-state index >= 15 is 0 Å². The molecule has 64 valence electrons. The molecular formula is C9H17NO. The van der Waals surface area contributed by atoms with Crippen LogP contribution in [0.25, 0.3) is 0 Å². The van der Waals surface area contributed by atoms with E-state index in [9.17, 15) is 0 Å². The Morgan fingerprint density at radius 1 is 1.27 bits per heavy atom. The molecule has 0 aromatic heterocycles. The van der Waals surface area contributed by atoms with Gasteiger partial charge in [-0.15, -0.1) is 0 Å². The molecule has 2 bridgehead atoms. The molecule has 2 heteroatoms. The Balaban J connectivity index is 1.94. The average Bonchev–Trinajstić information content (AvgIpc) is 2.03. The van der Waals surface area contributed by atoms with Crippen molar-refractivity contribution in [3.8, 4) is 0 Å². The first kappa shape index (κ1) is 7.56. The smallest absolute Gasteiger partial charge is 0.0706 e. The van der Waals surface area contributed by atoms with Gasteiger partial charge in [0, 0.05) is 13.1 Å². The third kappa shape index (κ3) is 1.57. The van der Waals surface area contributed by atoms with E-state index in [1.807, 2.05) is 0 Å². The fourth-order valence-electron chi connectivity index (χ4n) is 2.16. The summed E-state index contributed by atoms with van der Waals surface area (Å²) in [5.74, 6) is 0. The molecule has 0 aromatic carbocycles. The van der Waals surface area contributed by atoms with Crippen LogP contribution in [0.2, 0.25) is 0 Å². The Morgan fingerprint density at radius 3 is 2.45 bits per heavy atom. The van der Waals surface area contributed by atoms with Crippen LogP contribution < -0.4 is 0 Å². The van der Waals surface area contributed by atoms with Gasteiger partial charge in [-0.2, -0.15) is 0 Å². The Hall–Kier alpha value is -0.0800. The summed E-state index contributed by atoms with van der Waals surface area (Å²) in [7, 11) is 0. The molecule has 2 aliphatic heterocycles. The van der Waals surface area contributed by atoms with E-state index in [1.165, 1.54) is 38.9 Å². The van der Waals surface area contributed by atoms with Gasteiger partial charge in [0.1, 0.15) is 0 Å². The van der Waals surface area contributed by atoms with Gasteiger partial charge in [-0.05, 0) is 25.8 Å². The van der Waals surface area contributed by atoms with Crippen molar-refractivity contribution in [1.82, 2.24) is 4.90 Å². The van der Waals surface area contributed by atoms with Gasteiger partial charge in [-0.1, -0.05) is 6.92 Å². The maximum absolute atomic E-state index is 5.81. The molecule has 2 atom stereocenters. The van der Waals surface area contributed by atoms with Crippen LogP contribution in [0.15, 0.2) is 0 Å². The number of morpholine rings is 1. The summed E-state index contributed by atoms with van der Waals surface area (Å²) in [6.07, 6.45) is 5.07. The molecule has 2 nitrogen and oxygen atoms in total. The molecule has 0 N–H and O–H groups in total. The zero-order valence-corrected chi connectivity index (χ0v) is 7.25. The summed E-state index contributed by atoms with van der Waals surface area (Å²) in [6, 6.07) is 0. The number of hydrogen-bond acceptors (Lipinski definition) is 2. The molecule has 0 amide bonds. The molecule has 2 saturated heterocycles. The van der Waals surface area contributed by atoms with Gasteiger partial charge < -0.3 is 4.74 Å². The Bertz CT molecular complexity index is 126. The zero-order valence-electron chi connectivity index (χ0n) is 7.25. The summed E-state index contributed by atoms with van der Waals surface area (Å²) in [5, 5.41) is 0. The minimum atomic E-state index is 0.558. The normalized spacial score (nSPS) is 39.0. The third-order valence-electron chi connectivity index (χ3n) is 2.81. The molecule has 0 aromatic rings. The van der Waals surface area contributed by atoms with Gasteiger partial charge in [0.2, 0.25) is 0 Å². The van der Waals surface area contributed by atoms with Crippen molar-refractivity contribution in [3.63, 3.8) is 0 Å². The summed E-state index contributed by atoms with van der Waals surface area (Å²) in [6.45, 7) is 5.78. The van der Waals surface area contributed by atoms with Crippen molar-refractivity contribution in [2.45, 2.75) is 38.4 Å². The molecule has 11 heavy (non-hydrogen) atoms. The second-order valence-corrected chi connectivity index (χ2v) is 3.66. The number of ether oxygens (including phenoxy) is 1. The van der Waals surface area contributed by atoms with Crippen LogP contribution in [0.5, 0.6) is 0 Å². The largest absolute Gasteiger partial charge is 0.372 e. The molecule has 0 spiro atoms. The highest BCUT2D eigenvalue weighted by Crippen LogP contribution is 2.24. The van der Waals surface area contributed by atoms with Crippen LogP contribution in [0.3, 0.4) is 0 Å². The lowest BCUT2D eigenvalue weighted by atomic mass is 10.00. The SMILES string of the molecule is CCN1CC2CCCC(C1)O2. The lowest BCUT2D eigenvalue weighted by molar-refractivity contribution is -0.112. The highest BCUT2D eigenvalue weighted by atomic mass is 16.5. The molecule has 2 heterocycles. The van der Waals surface area contributed by atoms with Crippen LogP contribution >= 0.6 is 0 Å². The molecule has 0 radical (unpaired) electrons.